The van der Waals surface area contributed by atoms with E-state index < -0.39 is 12.2 Å². The van der Waals surface area contributed by atoms with Crippen LogP contribution in [0.5, 0.6) is 5.75 Å². The number of unbranched alkanes of at least 4 members (excludes halogenated alkanes) is 1. The molecule has 0 aliphatic carbocycles. The highest BCUT2D eigenvalue weighted by Gasteiger charge is 2.11. The second-order valence-corrected chi connectivity index (χ2v) is 7.80. The van der Waals surface area contributed by atoms with Crippen molar-refractivity contribution >= 4 is 17.8 Å². The molecule has 6 nitrogen and oxygen atoms in total. The minimum absolute atomic E-state index is 0.0273. The number of aliphatic hydroxyl groups is 2. The summed E-state index contributed by atoms with van der Waals surface area (Å²) in [4.78, 5) is 10.6. The van der Waals surface area contributed by atoms with E-state index in [9.17, 15) is 20.1 Å². The Morgan fingerprint density at radius 3 is 2.31 bits per heavy atom. The fourth-order valence-electron chi connectivity index (χ4n) is 3.57. The van der Waals surface area contributed by atoms with E-state index in [4.69, 9.17) is 0 Å². The molecule has 2 atom stereocenters. The van der Waals surface area contributed by atoms with Crippen LogP contribution in [0.3, 0.4) is 0 Å². The molecule has 0 aliphatic heterocycles. The predicted octanol–water partition coefficient (Wildman–Crippen LogP) is 4.55. The number of nitrogens with one attached hydrogen (secondary N) is 2. The van der Waals surface area contributed by atoms with Crippen molar-refractivity contribution in [2.75, 3.05) is 17.2 Å². The highest BCUT2D eigenvalue weighted by molar-refractivity contribution is 5.75. The molecule has 0 fully saturated rings. The van der Waals surface area contributed by atoms with Crippen molar-refractivity contribution in [3.05, 3.63) is 89.5 Å². The summed E-state index contributed by atoms with van der Waals surface area (Å²) in [7, 11) is 0. The third-order valence-corrected chi connectivity index (χ3v) is 5.45. The lowest BCUT2D eigenvalue weighted by atomic mass is 10.0. The van der Waals surface area contributed by atoms with Crippen LogP contribution in [0.15, 0.2) is 72.8 Å². The summed E-state index contributed by atoms with van der Waals surface area (Å²) in [5, 5.41) is 36.0. The van der Waals surface area contributed by atoms with Crippen molar-refractivity contribution in [3.8, 4) is 5.75 Å². The molecule has 0 aromatic heterocycles. The van der Waals surface area contributed by atoms with Crippen LogP contribution in [0.2, 0.25) is 0 Å². The van der Waals surface area contributed by atoms with Crippen LogP contribution in [-0.4, -0.2) is 28.3 Å². The zero-order valence-corrected chi connectivity index (χ0v) is 17.9. The Balaban J connectivity index is 1.40. The van der Waals surface area contributed by atoms with E-state index in [1.807, 2.05) is 42.5 Å². The van der Waals surface area contributed by atoms with E-state index in [2.05, 4.69) is 22.8 Å². The molecule has 5 N–H and O–H groups in total. The summed E-state index contributed by atoms with van der Waals surface area (Å²) in [6.45, 7) is 0.447. The van der Waals surface area contributed by atoms with Gasteiger partial charge in [-0.1, -0.05) is 55.0 Å². The number of carbonyl (C=O) groups excluding carboxylic acids is 1. The maximum Gasteiger partial charge on any atom is 0.211 e. The van der Waals surface area contributed by atoms with Gasteiger partial charge in [-0.3, -0.25) is 4.79 Å². The lowest BCUT2D eigenvalue weighted by Gasteiger charge is -2.14. The monoisotopic (exact) mass is 434 g/mol. The highest BCUT2D eigenvalue weighted by Crippen LogP contribution is 2.28. The second-order valence-electron chi connectivity index (χ2n) is 7.80. The molecule has 0 aliphatic rings. The van der Waals surface area contributed by atoms with Gasteiger partial charge in [0.25, 0.3) is 0 Å². The summed E-state index contributed by atoms with van der Waals surface area (Å²) >= 11 is 0. The number of rotatable bonds is 12. The minimum atomic E-state index is -0.648. The third kappa shape index (κ3) is 6.83. The molecule has 6 heteroatoms. The van der Waals surface area contributed by atoms with Gasteiger partial charge in [0, 0.05) is 12.2 Å². The summed E-state index contributed by atoms with van der Waals surface area (Å²) in [5.41, 5.74) is 4.03. The van der Waals surface area contributed by atoms with Gasteiger partial charge >= 0.3 is 0 Å². The van der Waals surface area contributed by atoms with Gasteiger partial charge < -0.3 is 26.0 Å². The van der Waals surface area contributed by atoms with Crippen molar-refractivity contribution in [2.24, 2.45) is 0 Å². The minimum Gasteiger partial charge on any atom is -0.506 e. The number of aryl methyl sites for hydroxylation is 1. The van der Waals surface area contributed by atoms with Gasteiger partial charge in [-0.25, -0.2) is 0 Å². The molecule has 0 bridgehead atoms. The molecule has 0 radical (unpaired) electrons. The summed E-state index contributed by atoms with van der Waals surface area (Å²) in [6, 6.07) is 22.5. The van der Waals surface area contributed by atoms with Crippen LogP contribution in [0.4, 0.5) is 11.4 Å². The molecule has 3 aromatic rings. The highest BCUT2D eigenvalue weighted by atomic mass is 16.3. The zero-order chi connectivity index (χ0) is 22.8. The van der Waals surface area contributed by atoms with Crippen molar-refractivity contribution < 1.29 is 20.1 Å². The Labute approximate surface area is 188 Å². The van der Waals surface area contributed by atoms with Crippen LogP contribution in [0.1, 0.15) is 48.2 Å². The van der Waals surface area contributed by atoms with Gasteiger partial charge in [0.15, 0.2) is 0 Å². The standard InChI is InChI=1S/C26H30N2O4/c29-18-28-23-16-21(12-15-25(23)31)24(30)9-5-4-6-19-10-13-22(14-11-19)27-17-26(32)20-7-2-1-3-8-20/h1-3,7-8,10-16,18,24,26-27,30-32H,4-6,9,17H2,(H,28,29). The van der Waals surface area contributed by atoms with Gasteiger partial charge in [-0.2, -0.15) is 0 Å². The van der Waals surface area contributed by atoms with Crippen LogP contribution < -0.4 is 10.6 Å². The largest absolute Gasteiger partial charge is 0.506 e. The van der Waals surface area contributed by atoms with E-state index >= 15 is 0 Å². The maximum absolute atomic E-state index is 10.6. The molecule has 32 heavy (non-hydrogen) atoms. The number of amides is 1. The lowest BCUT2D eigenvalue weighted by molar-refractivity contribution is -0.105. The molecule has 0 saturated carbocycles. The lowest BCUT2D eigenvalue weighted by Crippen LogP contribution is -2.11. The fourth-order valence-corrected chi connectivity index (χ4v) is 3.57. The number of phenolic OH excluding ortho intramolecular Hbond substituents is 1. The smallest absolute Gasteiger partial charge is 0.211 e. The first-order valence-corrected chi connectivity index (χ1v) is 10.8. The van der Waals surface area contributed by atoms with Crippen LogP contribution in [-0.2, 0) is 11.2 Å². The van der Waals surface area contributed by atoms with Gasteiger partial charge in [0.05, 0.1) is 17.9 Å². The Kier molecular flexibility index (Phi) is 8.66. The number of aliphatic hydroxyl groups excluding tert-OH is 2. The molecule has 0 saturated heterocycles. The van der Waals surface area contributed by atoms with Crippen molar-refractivity contribution in [2.45, 2.75) is 37.9 Å². The first-order chi connectivity index (χ1) is 15.6. The number of phenols is 1. The van der Waals surface area contributed by atoms with Crippen molar-refractivity contribution in [1.82, 2.24) is 0 Å². The summed E-state index contributed by atoms with van der Waals surface area (Å²) in [5.74, 6) is -0.0273. The molecule has 3 aromatic carbocycles. The molecule has 2 unspecified atom stereocenters. The van der Waals surface area contributed by atoms with Crippen LogP contribution >= 0.6 is 0 Å². The quantitative estimate of drug-likeness (QED) is 0.163. The molecule has 3 rings (SSSR count). The van der Waals surface area contributed by atoms with Gasteiger partial charge in [-0.15, -0.1) is 0 Å². The summed E-state index contributed by atoms with van der Waals surface area (Å²) in [6.07, 6.45) is 2.59. The van der Waals surface area contributed by atoms with E-state index in [0.29, 0.717) is 30.6 Å². The van der Waals surface area contributed by atoms with Gasteiger partial charge in [-0.05, 0) is 60.2 Å². The number of anilines is 2. The molecule has 1 amide bonds. The average Bonchev–Trinajstić information content (AvgIpc) is 2.83. The topological polar surface area (TPSA) is 102 Å². The Bertz CT molecular complexity index is 977. The Hall–Kier alpha value is -3.35. The van der Waals surface area contributed by atoms with E-state index in [1.54, 1.807) is 12.1 Å². The number of carbonyl (C=O) groups is 1. The van der Waals surface area contributed by atoms with Gasteiger partial charge in [0.1, 0.15) is 5.75 Å². The SMILES string of the molecule is O=CNc1cc(C(O)CCCCc2ccc(NCC(O)c3ccccc3)cc2)ccc1O. The molecule has 168 valence electrons. The molecular formula is C26H30N2O4. The first kappa shape index (κ1) is 23.3. The van der Waals surface area contributed by atoms with Crippen LogP contribution in [0.25, 0.3) is 0 Å². The normalized spacial score (nSPS) is 12.7. The number of aromatic hydroxyl groups is 1. The molecular weight excluding hydrogens is 404 g/mol. The molecule has 0 heterocycles. The van der Waals surface area contributed by atoms with Crippen molar-refractivity contribution in [1.29, 1.82) is 0 Å². The number of hydrogen-bond donors (Lipinski definition) is 5. The molecule has 0 spiro atoms. The van der Waals surface area contributed by atoms with Crippen molar-refractivity contribution in [3.63, 3.8) is 0 Å². The maximum atomic E-state index is 10.6. The van der Waals surface area contributed by atoms with E-state index in [1.165, 1.54) is 11.6 Å². The number of benzene rings is 3. The van der Waals surface area contributed by atoms with Gasteiger partial charge in [0.2, 0.25) is 6.41 Å². The second kappa shape index (κ2) is 11.9. The van der Waals surface area contributed by atoms with Crippen LogP contribution in [0, 0.1) is 0 Å². The summed E-state index contributed by atoms with van der Waals surface area (Å²) < 4.78 is 0. The zero-order valence-electron chi connectivity index (χ0n) is 17.9. The predicted molar refractivity (Wildman–Crippen MR) is 127 cm³/mol. The third-order valence-electron chi connectivity index (χ3n) is 5.45. The fraction of sp³-hybridized carbons (Fsp3) is 0.269. The Morgan fingerprint density at radius 2 is 1.59 bits per heavy atom. The number of hydrogen-bond acceptors (Lipinski definition) is 5. The Morgan fingerprint density at radius 1 is 0.844 bits per heavy atom. The first-order valence-electron chi connectivity index (χ1n) is 10.8. The van der Waals surface area contributed by atoms with E-state index in [0.717, 1.165) is 30.5 Å². The average molecular weight is 435 g/mol. The van der Waals surface area contributed by atoms with E-state index in [-0.39, 0.29) is 5.75 Å².